The maximum Gasteiger partial charge on any atom is 0.356 e. The number of halogens is 2. The summed E-state index contributed by atoms with van der Waals surface area (Å²) < 4.78 is 4.61. The van der Waals surface area contributed by atoms with Crippen LogP contribution in [0.15, 0.2) is 30.3 Å². The van der Waals surface area contributed by atoms with Gasteiger partial charge in [-0.2, -0.15) is 0 Å². The van der Waals surface area contributed by atoms with Gasteiger partial charge >= 0.3 is 5.97 Å². The summed E-state index contributed by atoms with van der Waals surface area (Å²) in [5.41, 5.74) is 7.01. The first-order valence-electron chi connectivity index (χ1n) is 5.58. The number of ether oxygens (including phenoxy) is 1. The van der Waals surface area contributed by atoms with Crippen molar-refractivity contribution < 1.29 is 9.53 Å². The van der Waals surface area contributed by atoms with Gasteiger partial charge in [0.15, 0.2) is 11.5 Å². The summed E-state index contributed by atoms with van der Waals surface area (Å²) in [4.78, 5) is 15.5. The van der Waals surface area contributed by atoms with E-state index >= 15 is 0 Å². The van der Waals surface area contributed by atoms with E-state index in [-0.39, 0.29) is 5.69 Å². The molecule has 104 valence electrons. The summed E-state index contributed by atoms with van der Waals surface area (Å²) in [6, 6.07) is 8.06. The highest BCUT2D eigenvalue weighted by atomic mass is 35.5. The van der Waals surface area contributed by atoms with E-state index in [2.05, 4.69) is 15.0 Å². The summed E-state index contributed by atoms with van der Waals surface area (Å²) >= 11 is 11.8. The molecule has 0 aliphatic heterocycles. The molecule has 5 nitrogen and oxygen atoms in total. The second kappa shape index (κ2) is 5.98. The monoisotopic (exact) mass is 311 g/mol. The maximum absolute atomic E-state index is 11.4. The Kier molecular flexibility index (Phi) is 4.32. The molecule has 0 fully saturated rings. The fourth-order valence-corrected chi connectivity index (χ4v) is 1.80. The Balaban J connectivity index is 2.32. The number of carbonyl (C=O) groups excluding carboxylic acids is 1. The SMILES string of the molecule is COC(=O)c1ccc(N)c(Nc2ccc(Cl)c(Cl)c2)n1. The third kappa shape index (κ3) is 3.12. The van der Waals surface area contributed by atoms with Gasteiger partial charge in [-0.05, 0) is 30.3 Å². The van der Waals surface area contributed by atoms with E-state index in [0.717, 1.165) is 0 Å². The topological polar surface area (TPSA) is 77.2 Å². The third-order valence-electron chi connectivity index (χ3n) is 2.50. The molecule has 0 unspecified atom stereocenters. The Hall–Kier alpha value is -1.98. The summed E-state index contributed by atoms with van der Waals surface area (Å²) in [6.45, 7) is 0. The molecule has 7 heteroatoms. The van der Waals surface area contributed by atoms with Crippen LogP contribution in [0.5, 0.6) is 0 Å². The summed E-state index contributed by atoms with van der Waals surface area (Å²) in [5, 5.41) is 3.82. The Morgan fingerprint density at radius 1 is 1.25 bits per heavy atom. The van der Waals surface area contributed by atoms with Crippen molar-refractivity contribution in [2.45, 2.75) is 0 Å². The molecule has 0 saturated heterocycles. The number of anilines is 3. The van der Waals surface area contributed by atoms with Gasteiger partial charge in [0.1, 0.15) is 0 Å². The fourth-order valence-electron chi connectivity index (χ4n) is 1.50. The number of nitrogens with two attached hydrogens (primary N) is 1. The fraction of sp³-hybridized carbons (Fsp3) is 0.0769. The summed E-state index contributed by atoms with van der Waals surface area (Å²) in [7, 11) is 1.28. The van der Waals surface area contributed by atoms with Crippen LogP contribution < -0.4 is 11.1 Å². The lowest BCUT2D eigenvalue weighted by Crippen LogP contribution is -2.07. The van der Waals surface area contributed by atoms with Crippen molar-refractivity contribution in [1.29, 1.82) is 0 Å². The van der Waals surface area contributed by atoms with Crippen LogP contribution in [0.1, 0.15) is 10.5 Å². The largest absolute Gasteiger partial charge is 0.464 e. The van der Waals surface area contributed by atoms with Gasteiger partial charge in [0.25, 0.3) is 0 Å². The number of benzene rings is 1. The molecule has 1 aromatic carbocycles. The molecule has 0 atom stereocenters. The van der Waals surface area contributed by atoms with Gasteiger partial charge in [-0.1, -0.05) is 23.2 Å². The summed E-state index contributed by atoms with van der Waals surface area (Å²) in [5.74, 6) is -0.200. The molecular weight excluding hydrogens is 301 g/mol. The first kappa shape index (κ1) is 14.4. The van der Waals surface area contributed by atoms with Gasteiger partial charge in [0, 0.05) is 5.69 Å². The van der Waals surface area contributed by atoms with E-state index < -0.39 is 5.97 Å². The van der Waals surface area contributed by atoms with Crippen LogP contribution in [-0.2, 0) is 4.74 Å². The first-order valence-corrected chi connectivity index (χ1v) is 6.33. The standard InChI is InChI=1S/C13H11Cl2N3O2/c1-20-13(19)11-5-4-10(16)12(18-11)17-7-2-3-8(14)9(15)6-7/h2-6H,16H2,1H3,(H,17,18). The molecule has 20 heavy (non-hydrogen) atoms. The molecule has 0 spiro atoms. The number of nitrogen functional groups attached to an aromatic ring is 1. The Morgan fingerprint density at radius 2 is 2.00 bits per heavy atom. The van der Waals surface area contributed by atoms with Crippen LogP contribution >= 0.6 is 23.2 Å². The molecule has 0 aliphatic rings. The predicted molar refractivity (Wildman–Crippen MR) is 79.7 cm³/mol. The lowest BCUT2D eigenvalue weighted by atomic mass is 10.3. The second-order valence-corrected chi connectivity index (χ2v) is 4.69. The van der Waals surface area contributed by atoms with Gasteiger partial charge < -0.3 is 15.8 Å². The molecule has 3 N–H and O–H groups in total. The normalized spacial score (nSPS) is 10.2. The van der Waals surface area contributed by atoms with Crippen LogP contribution in [0.4, 0.5) is 17.2 Å². The van der Waals surface area contributed by atoms with Crippen LogP contribution in [0.25, 0.3) is 0 Å². The Bertz CT molecular complexity index is 662. The van der Waals surface area contributed by atoms with Crippen molar-refractivity contribution in [2.75, 3.05) is 18.2 Å². The molecule has 0 aliphatic carbocycles. The van der Waals surface area contributed by atoms with Gasteiger partial charge in [-0.3, -0.25) is 0 Å². The highest BCUT2D eigenvalue weighted by Crippen LogP contribution is 2.28. The number of aromatic nitrogens is 1. The van der Waals surface area contributed by atoms with E-state index in [0.29, 0.717) is 27.2 Å². The van der Waals surface area contributed by atoms with Gasteiger partial charge in [-0.15, -0.1) is 0 Å². The third-order valence-corrected chi connectivity index (χ3v) is 3.24. The van der Waals surface area contributed by atoms with E-state index in [1.165, 1.54) is 13.2 Å². The number of esters is 1. The number of nitrogens with one attached hydrogen (secondary N) is 1. The van der Waals surface area contributed by atoms with Crippen LogP contribution in [0, 0.1) is 0 Å². The maximum atomic E-state index is 11.4. The predicted octanol–water partition coefficient (Wildman–Crippen LogP) is 3.50. The number of nitrogens with zero attached hydrogens (tertiary/aromatic N) is 1. The molecule has 0 saturated carbocycles. The van der Waals surface area contributed by atoms with Gasteiger partial charge in [0.05, 0.1) is 22.8 Å². The van der Waals surface area contributed by atoms with E-state index in [4.69, 9.17) is 28.9 Å². The molecule has 2 rings (SSSR count). The van der Waals surface area contributed by atoms with Crippen molar-refractivity contribution in [3.8, 4) is 0 Å². The lowest BCUT2D eigenvalue weighted by Gasteiger charge is -2.10. The minimum Gasteiger partial charge on any atom is -0.464 e. The number of hydrogen-bond donors (Lipinski definition) is 2. The number of rotatable bonds is 3. The summed E-state index contributed by atoms with van der Waals surface area (Å²) in [6.07, 6.45) is 0. The van der Waals surface area contributed by atoms with Crippen molar-refractivity contribution >= 4 is 46.4 Å². The molecule has 0 bridgehead atoms. The molecule has 1 heterocycles. The molecule has 1 aromatic heterocycles. The van der Waals surface area contributed by atoms with Gasteiger partial charge in [0.2, 0.25) is 0 Å². The van der Waals surface area contributed by atoms with Crippen LogP contribution in [0.3, 0.4) is 0 Å². The zero-order valence-electron chi connectivity index (χ0n) is 10.5. The number of carbonyl (C=O) groups is 1. The minimum absolute atomic E-state index is 0.157. The smallest absolute Gasteiger partial charge is 0.356 e. The average Bonchev–Trinajstić information content (AvgIpc) is 2.44. The minimum atomic E-state index is -0.540. The number of hydrogen-bond acceptors (Lipinski definition) is 5. The Morgan fingerprint density at radius 3 is 2.65 bits per heavy atom. The second-order valence-electron chi connectivity index (χ2n) is 3.88. The van der Waals surface area contributed by atoms with Crippen molar-refractivity contribution in [3.63, 3.8) is 0 Å². The first-order chi connectivity index (χ1) is 9.51. The van der Waals surface area contributed by atoms with E-state index in [9.17, 15) is 4.79 Å². The number of pyridine rings is 1. The highest BCUT2D eigenvalue weighted by Gasteiger charge is 2.11. The van der Waals surface area contributed by atoms with Crippen LogP contribution in [-0.4, -0.2) is 18.1 Å². The number of methoxy groups -OCH3 is 1. The van der Waals surface area contributed by atoms with Crippen LogP contribution in [0.2, 0.25) is 10.0 Å². The van der Waals surface area contributed by atoms with Gasteiger partial charge in [-0.25, -0.2) is 9.78 Å². The zero-order valence-corrected chi connectivity index (χ0v) is 12.0. The van der Waals surface area contributed by atoms with Crippen molar-refractivity contribution in [3.05, 3.63) is 46.1 Å². The van der Waals surface area contributed by atoms with Crippen molar-refractivity contribution in [1.82, 2.24) is 4.98 Å². The average molecular weight is 312 g/mol. The quantitative estimate of drug-likeness (QED) is 0.848. The highest BCUT2D eigenvalue weighted by molar-refractivity contribution is 6.42. The molecule has 0 amide bonds. The van der Waals surface area contributed by atoms with Crippen molar-refractivity contribution in [2.24, 2.45) is 0 Å². The Labute approximate surface area is 125 Å². The van der Waals surface area contributed by atoms with E-state index in [1.807, 2.05) is 0 Å². The molecular formula is C13H11Cl2N3O2. The van der Waals surface area contributed by atoms with E-state index in [1.54, 1.807) is 24.3 Å². The molecule has 0 radical (unpaired) electrons. The lowest BCUT2D eigenvalue weighted by molar-refractivity contribution is 0.0594. The molecule has 2 aromatic rings. The zero-order chi connectivity index (χ0) is 14.7.